The Morgan fingerprint density at radius 1 is 1.45 bits per heavy atom. The molecule has 2 rings (SSSR count). The minimum absolute atomic E-state index is 0.208. The fourth-order valence-corrected chi connectivity index (χ4v) is 2.29. The number of hydrogen-bond donors (Lipinski definition) is 2. The number of nitrogens with one attached hydrogen (secondary N) is 1. The lowest BCUT2D eigenvalue weighted by atomic mass is 10.2. The first-order chi connectivity index (χ1) is 9.38. The van der Waals surface area contributed by atoms with Crippen molar-refractivity contribution in [2.45, 2.75) is 13.8 Å². The first-order valence-electron chi connectivity index (χ1n) is 5.68. The molecule has 0 saturated heterocycles. The molecule has 3 N–H and O–H groups in total. The molecule has 0 aliphatic carbocycles. The Morgan fingerprint density at radius 3 is 2.70 bits per heavy atom. The summed E-state index contributed by atoms with van der Waals surface area (Å²) in [5, 5.41) is 6.85. The average Bonchev–Trinajstić information content (AvgIpc) is 2.73. The zero-order valence-corrected chi connectivity index (χ0v) is 13.0. The molecule has 104 valence electrons. The van der Waals surface area contributed by atoms with Crippen molar-refractivity contribution in [3.63, 3.8) is 0 Å². The van der Waals surface area contributed by atoms with Gasteiger partial charge in [0.05, 0.1) is 11.3 Å². The number of aryl methyl sites for hydroxylation is 1. The number of hydrogen-bond acceptors (Lipinski definition) is 4. The molecule has 0 radical (unpaired) electrons. The molecule has 2 aromatic heterocycles. The molecule has 0 saturated carbocycles. The van der Waals surface area contributed by atoms with Gasteiger partial charge in [-0.3, -0.25) is 9.59 Å². The lowest BCUT2D eigenvalue weighted by Gasteiger charge is -2.08. The molecular weight excluding hydrogens is 373 g/mol. The second-order valence-corrected chi connectivity index (χ2v) is 5.20. The van der Waals surface area contributed by atoms with Gasteiger partial charge in [0.2, 0.25) is 5.91 Å². The molecule has 0 unspecified atom stereocenters. The predicted octanol–water partition coefficient (Wildman–Crippen LogP) is 1.24. The molecule has 0 atom stereocenters. The second kappa shape index (κ2) is 5.57. The summed E-state index contributed by atoms with van der Waals surface area (Å²) in [5.41, 5.74) is 7.20. The van der Waals surface area contributed by atoms with Gasteiger partial charge in [-0.2, -0.15) is 5.10 Å². The fraction of sp³-hybridized carbons (Fsp3) is 0.167. The largest absolute Gasteiger partial charge is 0.365 e. The number of carbonyl (C=O) groups is 2. The van der Waals surface area contributed by atoms with Crippen LogP contribution >= 0.6 is 22.6 Å². The smallest absolute Gasteiger partial charge is 0.253 e. The highest BCUT2D eigenvalue weighted by Gasteiger charge is 2.14. The Balaban J connectivity index is 2.48. The number of nitrogens with two attached hydrogens (primary N) is 1. The van der Waals surface area contributed by atoms with Gasteiger partial charge in [-0.25, -0.2) is 9.67 Å². The summed E-state index contributed by atoms with van der Waals surface area (Å²) in [6.45, 7) is 3.27. The van der Waals surface area contributed by atoms with E-state index < -0.39 is 5.91 Å². The van der Waals surface area contributed by atoms with Crippen LogP contribution in [0.1, 0.15) is 22.8 Å². The average molecular weight is 385 g/mol. The summed E-state index contributed by atoms with van der Waals surface area (Å²) in [7, 11) is 0. The number of carbonyl (C=O) groups excluding carboxylic acids is 2. The van der Waals surface area contributed by atoms with Crippen LogP contribution in [0.4, 0.5) is 5.82 Å². The van der Waals surface area contributed by atoms with Crippen molar-refractivity contribution in [2.75, 3.05) is 5.32 Å². The lowest BCUT2D eigenvalue weighted by Crippen LogP contribution is -2.11. The lowest BCUT2D eigenvalue weighted by molar-refractivity contribution is -0.114. The number of amides is 2. The van der Waals surface area contributed by atoms with Crippen LogP contribution in [0.15, 0.2) is 18.5 Å². The van der Waals surface area contributed by atoms with E-state index in [1.807, 2.05) is 29.5 Å². The summed E-state index contributed by atoms with van der Waals surface area (Å²) in [5.74, 6) is -0.321. The molecular formula is C12H12IN5O2. The molecule has 20 heavy (non-hydrogen) atoms. The Kier molecular flexibility index (Phi) is 4.02. The first-order valence-corrected chi connectivity index (χ1v) is 6.76. The van der Waals surface area contributed by atoms with Gasteiger partial charge in [0, 0.05) is 25.4 Å². The van der Waals surface area contributed by atoms with Crippen LogP contribution in [0.5, 0.6) is 0 Å². The molecule has 7 nitrogen and oxygen atoms in total. The molecule has 8 heteroatoms. The number of anilines is 1. The fourth-order valence-electron chi connectivity index (χ4n) is 1.65. The molecule has 2 heterocycles. The molecule has 0 aliphatic rings. The van der Waals surface area contributed by atoms with Gasteiger partial charge >= 0.3 is 0 Å². The van der Waals surface area contributed by atoms with Crippen molar-refractivity contribution < 1.29 is 9.59 Å². The van der Waals surface area contributed by atoms with Gasteiger partial charge in [-0.05, 0) is 35.1 Å². The Hall–Kier alpha value is -1.97. The van der Waals surface area contributed by atoms with Gasteiger partial charge in [0.25, 0.3) is 5.91 Å². The molecule has 0 spiro atoms. The van der Waals surface area contributed by atoms with Crippen LogP contribution in [0.25, 0.3) is 5.69 Å². The zero-order chi connectivity index (χ0) is 14.9. The molecule has 0 fully saturated rings. The van der Waals surface area contributed by atoms with E-state index in [-0.39, 0.29) is 5.91 Å². The highest BCUT2D eigenvalue weighted by atomic mass is 127. The predicted molar refractivity (Wildman–Crippen MR) is 81.6 cm³/mol. The van der Waals surface area contributed by atoms with Gasteiger partial charge in [0.15, 0.2) is 0 Å². The van der Waals surface area contributed by atoms with Crippen LogP contribution in [-0.4, -0.2) is 26.6 Å². The summed E-state index contributed by atoms with van der Waals surface area (Å²) in [4.78, 5) is 26.4. The van der Waals surface area contributed by atoms with Crippen molar-refractivity contribution in [1.29, 1.82) is 0 Å². The highest BCUT2D eigenvalue weighted by Crippen LogP contribution is 2.19. The van der Waals surface area contributed by atoms with E-state index in [4.69, 9.17) is 5.73 Å². The number of halogens is 1. The van der Waals surface area contributed by atoms with Crippen LogP contribution in [0, 0.1) is 10.6 Å². The molecule has 0 bridgehead atoms. The Morgan fingerprint density at radius 2 is 2.15 bits per heavy atom. The van der Waals surface area contributed by atoms with Crippen molar-refractivity contribution in [3.8, 4) is 5.69 Å². The topological polar surface area (TPSA) is 103 Å². The van der Waals surface area contributed by atoms with E-state index in [0.29, 0.717) is 20.8 Å². The zero-order valence-electron chi connectivity index (χ0n) is 10.8. The van der Waals surface area contributed by atoms with Gasteiger partial charge in [-0.15, -0.1) is 0 Å². The van der Waals surface area contributed by atoms with Crippen molar-refractivity contribution >= 4 is 40.2 Å². The van der Waals surface area contributed by atoms with Gasteiger partial charge in [-0.1, -0.05) is 0 Å². The Bertz CT molecular complexity index is 695. The molecule has 2 aromatic rings. The van der Waals surface area contributed by atoms with E-state index in [0.717, 1.165) is 5.56 Å². The highest BCUT2D eigenvalue weighted by molar-refractivity contribution is 14.1. The van der Waals surface area contributed by atoms with Gasteiger partial charge < -0.3 is 11.1 Å². The van der Waals surface area contributed by atoms with Gasteiger partial charge in [0.1, 0.15) is 9.52 Å². The minimum atomic E-state index is -0.533. The van der Waals surface area contributed by atoms with Crippen molar-refractivity contribution in [3.05, 3.63) is 33.3 Å². The SMILES string of the molecule is CC(=O)Nc1cc(-n2cc(C(N)=O)c(I)n2)c(C)cn1. The third kappa shape index (κ3) is 2.95. The summed E-state index contributed by atoms with van der Waals surface area (Å²) in [6.07, 6.45) is 3.18. The maximum absolute atomic E-state index is 11.3. The van der Waals surface area contributed by atoms with Crippen LogP contribution in [-0.2, 0) is 4.79 Å². The third-order valence-corrected chi connectivity index (χ3v) is 3.36. The second-order valence-electron chi connectivity index (χ2n) is 4.18. The number of rotatable bonds is 3. The van der Waals surface area contributed by atoms with Crippen LogP contribution in [0.3, 0.4) is 0 Å². The minimum Gasteiger partial charge on any atom is -0.365 e. The number of nitrogens with zero attached hydrogens (tertiary/aromatic N) is 3. The normalized spacial score (nSPS) is 10.3. The number of primary amides is 1. The number of aromatic nitrogens is 3. The van der Waals surface area contributed by atoms with Crippen LogP contribution in [0.2, 0.25) is 0 Å². The van der Waals surface area contributed by atoms with E-state index in [1.165, 1.54) is 6.92 Å². The monoisotopic (exact) mass is 385 g/mol. The maximum atomic E-state index is 11.3. The van der Waals surface area contributed by atoms with E-state index in [9.17, 15) is 9.59 Å². The van der Waals surface area contributed by atoms with E-state index >= 15 is 0 Å². The maximum Gasteiger partial charge on any atom is 0.253 e. The number of pyridine rings is 1. The molecule has 0 aromatic carbocycles. The molecule has 2 amide bonds. The first kappa shape index (κ1) is 14.4. The van der Waals surface area contributed by atoms with Crippen molar-refractivity contribution in [1.82, 2.24) is 14.8 Å². The summed E-state index contributed by atoms with van der Waals surface area (Å²) < 4.78 is 2.07. The van der Waals surface area contributed by atoms with E-state index in [1.54, 1.807) is 23.1 Å². The Labute approximate surface area is 128 Å². The third-order valence-electron chi connectivity index (χ3n) is 2.56. The summed E-state index contributed by atoms with van der Waals surface area (Å²) in [6, 6.07) is 1.69. The quantitative estimate of drug-likeness (QED) is 0.776. The van der Waals surface area contributed by atoms with Crippen molar-refractivity contribution in [2.24, 2.45) is 5.73 Å². The van der Waals surface area contributed by atoms with E-state index in [2.05, 4.69) is 15.4 Å². The standard InChI is InChI=1S/C12H12IN5O2/c1-6-4-15-10(16-7(2)19)3-9(6)18-5-8(12(14)20)11(13)17-18/h3-5H,1-2H3,(H2,14,20)(H,15,16,19). The summed E-state index contributed by atoms with van der Waals surface area (Å²) >= 11 is 1.95. The van der Waals surface area contributed by atoms with Crippen LogP contribution < -0.4 is 11.1 Å². The molecule has 0 aliphatic heterocycles.